The molecule has 0 aromatic heterocycles. The molecule has 10 heteroatoms. The van der Waals surface area contributed by atoms with Crippen molar-refractivity contribution in [1.82, 2.24) is 4.90 Å². The number of likely N-dealkylation sites (tertiary alicyclic amines) is 1. The third-order valence-corrected chi connectivity index (χ3v) is 7.04. The summed E-state index contributed by atoms with van der Waals surface area (Å²) in [7, 11) is 4.28. The van der Waals surface area contributed by atoms with E-state index in [0.29, 0.717) is 22.6 Å². The molecule has 1 saturated heterocycles. The molecule has 0 aliphatic carbocycles. The molecule has 1 aliphatic heterocycles. The third-order valence-electron chi connectivity index (χ3n) is 6.41. The molecule has 3 aromatic rings. The molecule has 0 bridgehead atoms. The lowest BCUT2D eigenvalue weighted by atomic mass is 9.94. The first-order chi connectivity index (χ1) is 19.1. The number of aliphatic hydroxyl groups excluding tert-OH is 1. The van der Waals surface area contributed by atoms with Gasteiger partial charge in [0.25, 0.3) is 11.7 Å². The summed E-state index contributed by atoms with van der Waals surface area (Å²) in [6.45, 7) is 3.82. The minimum Gasteiger partial charge on any atom is -0.507 e. The number of aliphatic hydroxyl groups is 1. The quantitative estimate of drug-likeness (QED) is 0.176. The highest BCUT2D eigenvalue weighted by molar-refractivity contribution is 6.47. The van der Waals surface area contributed by atoms with Crippen molar-refractivity contribution >= 4 is 40.7 Å². The second-order valence-corrected chi connectivity index (χ2v) is 10.0. The van der Waals surface area contributed by atoms with Gasteiger partial charge < -0.3 is 29.0 Å². The van der Waals surface area contributed by atoms with E-state index in [0.717, 1.165) is 0 Å². The monoisotopic (exact) mass is 585 g/mol. The first-order valence-electron chi connectivity index (χ1n) is 12.4. The molecule has 210 valence electrons. The molecule has 1 atom stereocenters. The summed E-state index contributed by atoms with van der Waals surface area (Å²) < 4.78 is 22.1. The van der Waals surface area contributed by atoms with Gasteiger partial charge in [0.1, 0.15) is 22.3 Å². The van der Waals surface area contributed by atoms with Crippen LogP contribution in [0.4, 0.5) is 0 Å². The number of ketones is 1. The molecule has 40 heavy (non-hydrogen) atoms. The summed E-state index contributed by atoms with van der Waals surface area (Å²) in [4.78, 5) is 28.5. The van der Waals surface area contributed by atoms with Crippen LogP contribution >= 0.6 is 23.2 Å². The van der Waals surface area contributed by atoms with Crippen molar-refractivity contribution in [3.05, 3.63) is 86.9 Å². The predicted molar refractivity (Wildman–Crippen MR) is 153 cm³/mol. The van der Waals surface area contributed by atoms with Gasteiger partial charge in [-0.1, -0.05) is 53.5 Å². The molecule has 1 fully saturated rings. The average molecular weight is 586 g/mol. The van der Waals surface area contributed by atoms with Crippen LogP contribution in [-0.4, -0.2) is 49.1 Å². The van der Waals surface area contributed by atoms with E-state index in [9.17, 15) is 14.7 Å². The van der Waals surface area contributed by atoms with E-state index in [4.69, 9.17) is 42.1 Å². The zero-order valence-corrected chi connectivity index (χ0v) is 24.2. The van der Waals surface area contributed by atoms with Crippen LogP contribution in [0.2, 0.25) is 10.0 Å². The first-order valence-corrected chi connectivity index (χ1v) is 13.2. The van der Waals surface area contributed by atoms with Crippen molar-refractivity contribution in [1.29, 1.82) is 0 Å². The summed E-state index contributed by atoms with van der Waals surface area (Å²) >= 11 is 12.8. The van der Waals surface area contributed by atoms with Crippen molar-refractivity contribution in [3.63, 3.8) is 0 Å². The topological polar surface area (TPSA) is 94.5 Å². The Hall–Kier alpha value is -3.88. The number of methoxy groups -OCH3 is 3. The van der Waals surface area contributed by atoms with Gasteiger partial charge in [-0.05, 0) is 43.7 Å². The van der Waals surface area contributed by atoms with Crippen molar-refractivity contribution in [2.45, 2.75) is 32.5 Å². The number of Topliss-reactive ketones (excluding diaryl/α,β-unsaturated/α-hetero) is 1. The van der Waals surface area contributed by atoms with Crippen molar-refractivity contribution in [2.24, 2.45) is 0 Å². The highest BCUT2D eigenvalue weighted by atomic mass is 35.5. The van der Waals surface area contributed by atoms with Gasteiger partial charge in [-0.15, -0.1) is 0 Å². The molecule has 1 unspecified atom stereocenters. The summed E-state index contributed by atoms with van der Waals surface area (Å²) in [6.07, 6.45) is -0.108. The van der Waals surface area contributed by atoms with Crippen molar-refractivity contribution in [3.8, 4) is 23.0 Å². The number of halogens is 2. The molecule has 3 aromatic carbocycles. The average Bonchev–Trinajstić information content (AvgIpc) is 3.17. The Morgan fingerprint density at radius 3 is 2.30 bits per heavy atom. The van der Waals surface area contributed by atoms with E-state index in [1.165, 1.54) is 32.3 Å². The molecule has 0 spiro atoms. The maximum atomic E-state index is 13.6. The highest BCUT2D eigenvalue weighted by Crippen LogP contribution is 2.48. The lowest BCUT2D eigenvalue weighted by Gasteiger charge is -2.27. The molecule has 0 radical (unpaired) electrons. The number of nitrogens with zero attached hydrogens (tertiary/aromatic N) is 1. The van der Waals surface area contributed by atoms with Gasteiger partial charge in [0, 0.05) is 5.56 Å². The van der Waals surface area contributed by atoms with Crippen LogP contribution in [-0.2, 0) is 16.1 Å². The fourth-order valence-electron chi connectivity index (χ4n) is 4.73. The van der Waals surface area contributed by atoms with Gasteiger partial charge in [-0.3, -0.25) is 9.59 Å². The number of hydrogen-bond acceptors (Lipinski definition) is 7. The second kappa shape index (κ2) is 12.1. The van der Waals surface area contributed by atoms with Gasteiger partial charge in [0.2, 0.25) is 0 Å². The Bertz CT molecular complexity index is 1480. The summed E-state index contributed by atoms with van der Waals surface area (Å²) in [6, 6.07) is 14.6. The lowest BCUT2D eigenvalue weighted by Crippen LogP contribution is -2.29. The van der Waals surface area contributed by atoms with Gasteiger partial charge in [0.05, 0.1) is 56.2 Å². The van der Waals surface area contributed by atoms with Crippen LogP contribution in [0, 0.1) is 0 Å². The standard InChI is InChI=1S/C30H29Cl2NO7/c1-16(2)40-19-11-8-10-17(13-19)25-23(26(34)20-14-21(31)29(39-5)24(32)28(20)38-4)27(35)30(36)33(25)15-18-9-6-7-12-22(18)37-3/h6-14,16,25,34H,15H2,1-5H3/b26-23+. The van der Waals surface area contributed by atoms with Crippen LogP contribution in [0.3, 0.4) is 0 Å². The van der Waals surface area contributed by atoms with Crippen LogP contribution < -0.4 is 18.9 Å². The number of hydrogen-bond donors (Lipinski definition) is 1. The Labute approximate surface area is 242 Å². The highest BCUT2D eigenvalue weighted by Gasteiger charge is 2.47. The molecule has 1 heterocycles. The third kappa shape index (κ3) is 5.42. The Kier molecular flexibility index (Phi) is 8.81. The molecule has 8 nitrogen and oxygen atoms in total. The van der Waals surface area contributed by atoms with Crippen LogP contribution in [0.25, 0.3) is 5.76 Å². The van der Waals surface area contributed by atoms with Gasteiger partial charge >= 0.3 is 0 Å². The molecular formula is C30H29Cl2NO7. The largest absolute Gasteiger partial charge is 0.507 e. The summed E-state index contributed by atoms with van der Waals surface area (Å²) in [5, 5.41) is 11.7. The van der Waals surface area contributed by atoms with E-state index in [1.54, 1.807) is 36.4 Å². The minimum absolute atomic E-state index is 0.00572. The minimum atomic E-state index is -0.981. The molecule has 4 rings (SSSR count). The number of carbonyl (C=O) groups is 2. The maximum absolute atomic E-state index is 13.6. The molecule has 1 aliphatic rings. The number of rotatable bonds is 9. The second-order valence-electron chi connectivity index (χ2n) is 9.26. The first kappa shape index (κ1) is 29.1. The van der Waals surface area contributed by atoms with E-state index in [2.05, 4.69) is 0 Å². The normalized spacial score (nSPS) is 16.4. The van der Waals surface area contributed by atoms with Crippen LogP contribution in [0.15, 0.2) is 60.2 Å². The van der Waals surface area contributed by atoms with Crippen LogP contribution in [0.5, 0.6) is 23.0 Å². The van der Waals surface area contributed by atoms with E-state index >= 15 is 0 Å². The van der Waals surface area contributed by atoms with Crippen LogP contribution in [0.1, 0.15) is 36.6 Å². The Morgan fingerprint density at radius 1 is 0.950 bits per heavy atom. The molecule has 1 N–H and O–H groups in total. The van der Waals surface area contributed by atoms with Crippen molar-refractivity contribution in [2.75, 3.05) is 21.3 Å². The Morgan fingerprint density at radius 2 is 1.65 bits per heavy atom. The number of amides is 1. The number of para-hydroxylation sites is 1. The van der Waals surface area contributed by atoms with Gasteiger partial charge in [0.15, 0.2) is 11.5 Å². The number of carbonyl (C=O) groups excluding carboxylic acids is 2. The summed E-state index contributed by atoms with van der Waals surface area (Å²) in [5.41, 5.74) is 1.11. The smallest absolute Gasteiger partial charge is 0.295 e. The SMILES string of the molecule is COc1ccccc1CN1C(=O)C(=O)/C(=C(/O)c2cc(Cl)c(OC)c(Cl)c2OC)C1c1cccc(OC(C)C)c1. The molecule has 1 amide bonds. The van der Waals surface area contributed by atoms with Gasteiger partial charge in [-0.25, -0.2) is 0 Å². The molecular weight excluding hydrogens is 557 g/mol. The number of benzene rings is 3. The lowest BCUT2D eigenvalue weighted by molar-refractivity contribution is -0.140. The number of ether oxygens (including phenoxy) is 4. The van der Waals surface area contributed by atoms with E-state index in [-0.39, 0.29) is 45.3 Å². The zero-order chi connectivity index (χ0) is 29.1. The predicted octanol–water partition coefficient (Wildman–Crippen LogP) is 6.43. The maximum Gasteiger partial charge on any atom is 0.295 e. The fourth-order valence-corrected chi connectivity index (χ4v) is 5.42. The van der Waals surface area contributed by atoms with Gasteiger partial charge in [-0.2, -0.15) is 0 Å². The zero-order valence-electron chi connectivity index (χ0n) is 22.7. The van der Waals surface area contributed by atoms with E-state index in [1.807, 2.05) is 26.0 Å². The fraction of sp³-hybridized carbons (Fsp3) is 0.267. The van der Waals surface area contributed by atoms with Crippen molar-refractivity contribution < 1.29 is 33.6 Å². The summed E-state index contributed by atoms with van der Waals surface area (Å²) in [5.74, 6) is -0.895. The molecule has 0 saturated carbocycles. The van der Waals surface area contributed by atoms with E-state index < -0.39 is 23.5 Å². The Balaban J connectivity index is 1.96.